The molecule has 3 aromatic rings. The quantitative estimate of drug-likeness (QED) is 0.688. The lowest BCUT2D eigenvalue weighted by Gasteiger charge is -2.42. The maximum absolute atomic E-state index is 13.3. The zero-order valence-corrected chi connectivity index (χ0v) is 17.7. The lowest BCUT2D eigenvalue weighted by molar-refractivity contribution is 0.275. The van der Waals surface area contributed by atoms with E-state index in [-0.39, 0.29) is 11.3 Å². The Labute approximate surface area is 181 Å². The highest BCUT2D eigenvalue weighted by molar-refractivity contribution is 5.34. The van der Waals surface area contributed by atoms with Gasteiger partial charge < -0.3 is 14.6 Å². The van der Waals surface area contributed by atoms with E-state index in [2.05, 4.69) is 25.8 Å². The number of anilines is 1. The topological polar surface area (TPSA) is 74.5 Å². The summed E-state index contributed by atoms with van der Waals surface area (Å²) in [5.74, 6) is 1.79. The Morgan fingerprint density at radius 2 is 1.90 bits per heavy atom. The summed E-state index contributed by atoms with van der Waals surface area (Å²) in [5.41, 5.74) is 3.09. The SMILES string of the molecule is CN(Cc1cccc(O)c1)Cc1ccc2n(c1=O)C[C@H]1C[C@@H]2CN(c2ncccn2)C1. The van der Waals surface area contributed by atoms with Crippen molar-refractivity contribution in [1.82, 2.24) is 19.4 Å². The van der Waals surface area contributed by atoms with Crippen molar-refractivity contribution in [3.63, 3.8) is 0 Å². The molecule has 0 radical (unpaired) electrons. The molecular formula is C24H27N5O2. The molecule has 7 nitrogen and oxygen atoms in total. The molecule has 2 aromatic heterocycles. The number of aromatic hydroxyl groups is 1. The van der Waals surface area contributed by atoms with Gasteiger partial charge in [0.15, 0.2) is 0 Å². The molecular weight excluding hydrogens is 390 g/mol. The van der Waals surface area contributed by atoms with E-state index in [0.717, 1.165) is 48.8 Å². The molecule has 2 aliphatic rings. The van der Waals surface area contributed by atoms with Gasteiger partial charge in [-0.05, 0) is 49.2 Å². The van der Waals surface area contributed by atoms with E-state index in [1.165, 1.54) is 0 Å². The van der Waals surface area contributed by atoms with Crippen LogP contribution in [-0.4, -0.2) is 44.7 Å². The third-order valence-corrected chi connectivity index (χ3v) is 6.32. The lowest BCUT2D eigenvalue weighted by Crippen LogP contribution is -2.48. The number of hydrogen-bond donors (Lipinski definition) is 1. The molecule has 1 saturated heterocycles. The van der Waals surface area contributed by atoms with Crippen LogP contribution in [0.25, 0.3) is 0 Å². The molecule has 4 heterocycles. The molecule has 5 rings (SSSR count). The van der Waals surface area contributed by atoms with Gasteiger partial charge >= 0.3 is 0 Å². The molecule has 7 heteroatoms. The summed E-state index contributed by atoms with van der Waals surface area (Å²) in [6.45, 7) is 3.73. The van der Waals surface area contributed by atoms with Gasteiger partial charge in [0.25, 0.3) is 5.56 Å². The van der Waals surface area contributed by atoms with E-state index in [9.17, 15) is 9.90 Å². The second kappa shape index (κ2) is 8.15. The predicted molar refractivity (Wildman–Crippen MR) is 119 cm³/mol. The van der Waals surface area contributed by atoms with Gasteiger partial charge in [0.1, 0.15) is 5.75 Å². The van der Waals surface area contributed by atoms with Crippen LogP contribution in [0.4, 0.5) is 5.95 Å². The Bertz CT molecular complexity index is 1130. The summed E-state index contributed by atoms with van der Waals surface area (Å²) in [6.07, 6.45) is 4.68. The van der Waals surface area contributed by atoms with Crippen LogP contribution in [0.5, 0.6) is 5.75 Å². The number of nitrogens with zero attached hydrogens (tertiary/aromatic N) is 5. The van der Waals surface area contributed by atoms with Gasteiger partial charge in [0.2, 0.25) is 5.95 Å². The van der Waals surface area contributed by atoms with Gasteiger partial charge in [0, 0.05) is 62.3 Å². The van der Waals surface area contributed by atoms with Gasteiger partial charge in [-0.25, -0.2) is 9.97 Å². The largest absolute Gasteiger partial charge is 0.508 e. The second-order valence-electron chi connectivity index (χ2n) is 8.79. The van der Waals surface area contributed by atoms with Crippen molar-refractivity contribution in [3.8, 4) is 5.75 Å². The van der Waals surface area contributed by atoms with Crippen LogP contribution in [0.2, 0.25) is 0 Å². The van der Waals surface area contributed by atoms with Gasteiger partial charge in [-0.15, -0.1) is 0 Å². The zero-order chi connectivity index (χ0) is 21.4. The van der Waals surface area contributed by atoms with E-state index < -0.39 is 0 Å². The lowest BCUT2D eigenvalue weighted by atomic mass is 9.83. The second-order valence-corrected chi connectivity index (χ2v) is 8.79. The van der Waals surface area contributed by atoms with Crippen LogP contribution in [0.3, 0.4) is 0 Å². The van der Waals surface area contributed by atoms with E-state index in [1.54, 1.807) is 24.5 Å². The molecule has 1 fully saturated rings. The Balaban J connectivity index is 1.34. The smallest absolute Gasteiger partial charge is 0.255 e. The Morgan fingerprint density at radius 3 is 2.71 bits per heavy atom. The minimum absolute atomic E-state index is 0.124. The fraction of sp³-hybridized carbons (Fsp3) is 0.375. The van der Waals surface area contributed by atoms with Crippen LogP contribution in [0.15, 0.2) is 59.7 Å². The summed E-state index contributed by atoms with van der Waals surface area (Å²) in [5, 5.41) is 9.68. The number of pyridine rings is 1. The van der Waals surface area contributed by atoms with Crippen molar-refractivity contribution < 1.29 is 5.11 Å². The van der Waals surface area contributed by atoms with Crippen molar-refractivity contribution in [2.45, 2.75) is 32.0 Å². The number of phenols is 1. The van der Waals surface area contributed by atoms with Crippen LogP contribution in [0.1, 0.15) is 29.2 Å². The molecule has 1 N–H and O–H groups in total. The van der Waals surface area contributed by atoms with Crippen molar-refractivity contribution in [2.75, 3.05) is 25.0 Å². The number of fused-ring (bicyclic) bond motifs is 4. The first-order valence-electron chi connectivity index (χ1n) is 10.8. The molecule has 0 spiro atoms. The number of aromatic nitrogens is 3. The van der Waals surface area contributed by atoms with Crippen molar-refractivity contribution in [3.05, 3.63) is 82.0 Å². The van der Waals surface area contributed by atoms with Crippen LogP contribution < -0.4 is 10.5 Å². The highest BCUT2D eigenvalue weighted by Crippen LogP contribution is 2.36. The zero-order valence-electron chi connectivity index (χ0n) is 17.7. The summed E-state index contributed by atoms with van der Waals surface area (Å²) in [7, 11) is 2.00. The number of piperidine rings is 1. The molecule has 2 aliphatic heterocycles. The normalized spacial score (nSPS) is 20.0. The van der Waals surface area contributed by atoms with E-state index in [1.807, 2.05) is 35.9 Å². The molecule has 1 aromatic carbocycles. The Hall–Kier alpha value is -3.19. The Kier molecular flexibility index (Phi) is 5.19. The molecule has 0 unspecified atom stereocenters. The first-order chi connectivity index (χ1) is 15.1. The minimum atomic E-state index is 0.124. The third kappa shape index (κ3) is 4.05. The summed E-state index contributed by atoms with van der Waals surface area (Å²) < 4.78 is 2.00. The molecule has 160 valence electrons. The van der Waals surface area contributed by atoms with Gasteiger partial charge in [0.05, 0.1) is 0 Å². The van der Waals surface area contributed by atoms with Gasteiger partial charge in [-0.1, -0.05) is 18.2 Å². The number of rotatable bonds is 5. The van der Waals surface area contributed by atoms with Crippen LogP contribution in [0, 0.1) is 5.92 Å². The maximum Gasteiger partial charge on any atom is 0.255 e. The molecule has 0 amide bonds. The number of phenolic OH excluding ortho intramolecular Hbond substituents is 1. The summed E-state index contributed by atoms with van der Waals surface area (Å²) in [4.78, 5) is 26.5. The van der Waals surface area contributed by atoms with Gasteiger partial charge in [-0.2, -0.15) is 0 Å². The van der Waals surface area contributed by atoms with E-state index in [0.29, 0.717) is 24.9 Å². The molecule has 0 saturated carbocycles. The third-order valence-electron chi connectivity index (χ3n) is 6.32. The fourth-order valence-corrected chi connectivity index (χ4v) is 5.04. The van der Waals surface area contributed by atoms with Gasteiger partial charge in [-0.3, -0.25) is 9.69 Å². The average Bonchev–Trinajstić information content (AvgIpc) is 2.76. The molecule has 31 heavy (non-hydrogen) atoms. The first kappa shape index (κ1) is 19.8. The predicted octanol–water partition coefficient (Wildman–Crippen LogP) is 2.60. The van der Waals surface area contributed by atoms with Crippen molar-refractivity contribution in [1.29, 1.82) is 0 Å². The van der Waals surface area contributed by atoms with Crippen LogP contribution >= 0.6 is 0 Å². The monoisotopic (exact) mass is 417 g/mol. The molecule has 2 atom stereocenters. The van der Waals surface area contributed by atoms with Crippen LogP contribution in [-0.2, 0) is 19.6 Å². The Morgan fingerprint density at radius 1 is 1.06 bits per heavy atom. The van der Waals surface area contributed by atoms with Crippen molar-refractivity contribution >= 4 is 5.95 Å². The van der Waals surface area contributed by atoms with E-state index in [4.69, 9.17) is 0 Å². The first-order valence-corrected chi connectivity index (χ1v) is 10.8. The maximum atomic E-state index is 13.3. The molecule has 0 aliphatic carbocycles. The minimum Gasteiger partial charge on any atom is -0.508 e. The highest BCUT2D eigenvalue weighted by atomic mass is 16.3. The number of benzene rings is 1. The van der Waals surface area contributed by atoms with Crippen molar-refractivity contribution in [2.24, 2.45) is 5.92 Å². The standard InChI is InChI=1S/C24H27N5O2/c1-27(12-17-4-2-5-21(30)11-17)15-19-6-7-22-20-10-18(14-29(22)23(19)31)13-28(16-20)24-25-8-3-9-26-24/h2-9,11,18,20,30H,10,12-16H2,1H3/t18-,20+/m0/s1. The summed E-state index contributed by atoms with van der Waals surface area (Å²) in [6, 6.07) is 13.2. The summed E-state index contributed by atoms with van der Waals surface area (Å²) >= 11 is 0. The fourth-order valence-electron chi connectivity index (χ4n) is 5.04. The highest BCUT2D eigenvalue weighted by Gasteiger charge is 2.35. The number of hydrogen-bond acceptors (Lipinski definition) is 6. The molecule has 2 bridgehead atoms. The average molecular weight is 418 g/mol. The van der Waals surface area contributed by atoms with E-state index >= 15 is 0 Å².